The zero-order valence-electron chi connectivity index (χ0n) is 13.7. The molecule has 9 heteroatoms. The molecule has 2 aliphatic heterocycles. The number of hydrogen-bond donors (Lipinski definition) is 1. The molecule has 2 aliphatic rings. The number of aliphatic hydroxyl groups excluding tert-OH is 1. The van der Waals surface area contributed by atoms with E-state index in [1.165, 1.54) is 4.90 Å². The van der Waals surface area contributed by atoms with Gasteiger partial charge >= 0.3 is 6.18 Å². The summed E-state index contributed by atoms with van der Waals surface area (Å²) in [7, 11) is 0. The lowest BCUT2D eigenvalue weighted by atomic mass is 9.71. The van der Waals surface area contributed by atoms with Gasteiger partial charge in [-0.25, -0.2) is 4.98 Å². The van der Waals surface area contributed by atoms with E-state index in [0.29, 0.717) is 38.2 Å². The SMILES string of the molecule is O=C(CC(F)(F)F)N1CCC2(CC1)CC(O)CN(c1cnccn1)C2. The van der Waals surface area contributed by atoms with E-state index >= 15 is 0 Å². The number of alkyl halides is 3. The van der Waals surface area contributed by atoms with Crippen molar-refractivity contribution in [1.29, 1.82) is 0 Å². The van der Waals surface area contributed by atoms with Crippen LogP contribution in [0.5, 0.6) is 0 Å². The van der Waals surface area contributed by atoms with Crippen LogP contribution in [0.25, 0.3) is 0 Å². The van der Waals surface area contributed by atoms with Gasteiger partial charge in [0.25, 0.3) is 0 Å². The number of likely N-dealkylation sites (tertiary alicyclic amines) is 1. The van der Waals surface area contributed by atoms with Gasteiger partial charge < -0.3 is 14.9 Å². The van der Waals surface area contributed by atoms with Gasteiger partial charge in [-0.2, -0.15) is 13.2 Å². The van der Waals surface area contributed by atoms with Crippen molar-refractivity contribution >= 4 is 11.7 Å². The van der Waals surface area contributed by atoms with E-state index in [1.807, 2.05) is 4.90 Å². The van der Waals surface area contributed by atoms with E-state index in [2.05, 4.69) is 9.97 Å². The van der Waals surface area contributed by atoms with E-state index in [-0.39, 0.29) is 18.5 Å². The fraction of sp³-hybridized carbons (Fsp3) is 0.688. The summed E-state index contributed by atoms with van der Waals surface area (Å²) >= 11 is 0. The van der Waals surface area contributed by atoms with Gasteiger partial charge in [0.05, 0.1) is 12.3 Å². The molecule has 2 fully saturated rings. The second kappa shape index (κ2) is 6.78. The van der Waals surface area contributed by atoms with Crippen molar-refractivity contribution in [3.63, 3.8) is 0 Å². The molecule has 0 saturated carbocycles. The van der Waals surface area contributed by atoms with Crippen LogP contribution in [0, 0.1) is 5.41 Å². The maximum Gasteiger partial charge on any atom is 0.397 e. The zero-order chi connectivity index (χ0) is 18.1. The Morgan fingerprint density at radius 1 is 1.32 bits per heavy atom. The summed E-state index contributed by atoms with van der Waals surface area (Å²) < 4.78 is 37.2. The molecule has 1 unspecified atom stereocenters. The predicted molar refractivity (Wildman–Crippen MR) is 83.8 cm³/mol. The molecule has 0 radical (unpaired) electrons. The fourth-order valence-corrected chi connectivity index (χ4v) is 3.86. The summed E-state index contributed by atoms with van der Waals surface area (Å²) in [5.41, 5.74) is -0.218. The Bertz CT molecular complexity index is 603. The summed E-state index contributed by atoms with van der Waals surface area (Å²) in [4.78, 5) is 23.3. The van der Waals surface area contributed by atoms with Crippen molar-refractivity contribution in [3.05, 3.63) is 18.6 Å². The standard InChI is InChI=1S/C16H21F3N4O2/c17-16(18,19)8-14(25)22-5-1-15(2-6-22)7-12(24)10-23(11-15)13-9-20-3-4-21-13/h3-4,9,12,24H,1-2,5-8,10-11H2. The van der Waals surface area contributed by atoms with Crippen molar-refractivity contribution in [3.8, 4) is 0 Å². The van der Waals surface area contributed by atoms with Crippen LogP contribution in [-0.2, 0) is 4.79 Å². The molecular weight excluding hydrogens is 337 g/mol. The van der Waals surface area contributed by atoms with Crippen molar-refractivity contribution in [2.75, 3.05) is 31.1 Å². The number of nitrogens with zero attached hydrogens (tertiary/aromatic N) is 4. The molecule has 1 spiro atoms. The Labute approximate surface area is 143 Å². The van der Waals surface area contributed by atoms with E-state index in [1.54, 1.807) is 18.6 Å². The first kappa shape index (κ1) is 17.9. The first-order chi connectivity index (χ1) is 11.8. The molecule has 0 aliphatic carbocycles. The van der Waals surface area contributed by atoms with Gasteiger partial charge in [-0.1, -0.05) is 0 Å². The first-order valence-electron chi connectivity index (χ1n) is 8.30. The predicted octanol–water partition coefficient (Wildman–Crippen LogP) is 1.61. The van der Waals surface area contributed by atoms with Crippen LogP contribution in [-0.4, -0.2) is 64.3 Å². The molecule has 25 heavy (non-hydrogen) atoms. The number of β-amino-alcohol motifs (C(OH)–C–C–N with tert-alkyl or cyclic N) is 1. The number of amides is 1. The van der Waals surface area contributed by atoms with Crippen LogP contribution < -0.4 is 4.90 Å². The van der Waals surface area contributed by atoms with E-state index in [4.69, 9.17) is 0 Å². The Kier molecular flexibility index (Phi) is 4.86. The molecule has 2 saturated heterocycles. The van der Waals surface area contributed by atoms with Gasteiger partial charge in [0, 0.05) is 38.6 Å². The molecule has 138 valence electrons. The maximum absolute atomic E-state index is 12.4. The average Bonchev–Trinajstić information content (AvgIpc) is 2.54. The molecule has 1 aromatic rings. The summed E-state index contributed by atoms with van der Waals surface area (Å²) in [6.45, 7) is 1.69. The highest BCUT2D eigenvalue weighted by atomic mass is 19.4. The van der Waals surface area contributed by atoms with Crippen molar-refractivity contribution in [2.24, 2.45) is 5.41 Å². The second-order valence-electron chi connectivity index (χ2n) is 6.97. The highest BCUT2D eigenvalue weighted by Crippen LogP contribution is 2.41. The van der Waals surface area contributed by atoms with Crippen molar-refractivity contribution in [2.45, 2.75) is 38.0 Å². The lowest BCUT2D eigenvalue weighted by Gasteiger charge is -2.49. The highest BCUT2D eigenvalue weighted by molar-refractivity contribution is 5.77. The molecule has 0 aromatic carbocycles. The third-order valence-electron chi connectivity index (χ3n) is 5.03. The number of piperidine rings is 2. The van der Waals surface area contributed by atoms with Gasteiger partial charge in [0.1, 0.15) is 12.2 Å². The lowest BCUT2D eigenvalue weighted by Crippen LogP contribution is -2.55. The summed E-state index contributed by atoms with van der Waals surface area (Å²) in [5, 5.41) is 10.3. The van der Waals surface area contributed by atoms with Gasteiger partial charge in [-0.15, -0.1) is 0 Å². The number of anilines is 1. The Morgan fingerprint density at radius 2 is 2.04 bits per heavy atom. The minimum Gasteiger partial charge on any atom is -0.391 e. The maximum atomic E-state index is 12.4. The minimum absolute atomic E-state index is 0.218. The number of aromatic nitrogens is 2. The number of carbonyl (C=O) groups is 1. The summed E-state index contributed by atoms with van der Waals surface area (Å²) in [6.07, 6.45) is 0.109. The Hall–Kier alpha value is -1.90. The molecule has 3 rings (SSSR count). The van der Waals surface area contributed by atoms with Gasteiger partial charge in [-0.05, 0) is 24.7 Å². The second-order valence-corrected chi connectivity index (χ2v) is 6.97. The molecule has 3 heterocycles. The van der Waals surface area contributed by atoms with Crippen LogP contribution in [0.2, 0.25) is 0 Å². The molecule has 1 N–H and O–H groups in total. The van der Waals surface area contributed by atoms with Crippen LogP contribution in [0.3, 0.4) is 0 Å². The summed E-state index contributed by atoms with van der Waals surface area (Å²) in [5.74, 6) is -0.194. The number of aliphatic hydroxyl groups is 1. The van der Waals surface area contributed by atoms with E-state index < -0.39 is 24.6 Å². The lowest BCUT2D eigenvalue weighted by molar-refractivity contribution is -0.163. The average molecular weight is 358 g/mol. The molecule has 1 aromatic heterocycles. The normalized spacial score (nSPS) is 23.8. The van der Waals surface area contributed by atoms with E-state index in [9.17, 15) is 23.1 Å². The molecule has 0 bridgehead atoms. The van der Waals surface area contributed by atoms with Crippen LogP contribution in [0.1, 0.15) is 25.7 Å². The van der Waals surface area contributed by atoms with Crippen LogP contribution in [0.15, 0.2) is 18.6 Å². The number of hydrogen-bond acceptors (Lipinski definition) is 5. The number of halogens is 3. The Morgan fingerprint density at radius 3 is 2.64 bits per heavy atom. The van der Waals surface area contributed by atoms with Crippen LogP contribution >= 0.6 is 0 Å². The highest BCUT2D eigenvalue weighted by Gasteiger charge is 2.43. The van der Waals surface area contributed by atoms with Crippen LogP contribution in [0.4, 0.5) is 19.0 Å². The topological polar surface area (TPSA) is 69.6 Å². The van der Waals surface area contributed by atoms with Gasteiger partial charge in [0.2, 0.25) is 5.91 Å². The zero-order valence-corrected chi connectivity index (χ0v) is 13.7. The molecule has 6 nitrogen and oxygen atoms in total. The molecule has 1 amide bonds. The van der Waals surface area contributed by atoms with E-state index in [0.717, 1.165) is 0 Å². The fourth-order valence-electron chi connectivity index (χ4n) is 3.86. The third-order valence-corrected chi connectivity index (χ3v) is 5.03. The smallest absolute Gasteiger partial charge is 0.391 e. The molecule has 1 atom stereocenters. The largest absolute Gasteiger partial charge is 0.397 e. The summed E-state index contributed by atoms with van der Waals surface area (Å²) in [6, 6.07) is 0. The number of carbonyl (C=O) groups excluding carboxylic acids is 1. The van der Waals surface area contributed by atoms with Gasteiger partial charge in [-0.3, -0.25) is 9.78 Å². The molecular formula is C16H21F3N4O2. The number of rotatable bonds is 2. The van der Waals surface area contributed by atoms with Gasteiger partial charge in [0.15, 0.2) is 0 Å². The minimum atomic E-state index is -4.48. The van der Waals surface area contributed by atoms with Crippen molar-refractivity contribution in [1.82, 2.24) is 14.9 Å². The quantitative estimate of drug-likeness (QED) is 0.870. The Balaban J connectivity index is 1.64. The van der Waals surface area contributed by atoms with Crippen molar-refractivity contribution < 1.29 is 23.1 Å². The third kappa shape index (κ3) is 4.39. The first-order valence-corrected chi connectivity index (χ1v) is 8.30. The monoisotopic (exact) mass is 358 g/mol.